The molecular formula is C39H35BBr3Cl3F6N8O2. The first-order valence-corrected chi connectivity index (χ1v) is 22.1. The highest BCUT2D eigenvalue weighted by atomic mass is 80.9. The van der Waals surface area contributed by atoms with Gasteiger partial charge < -0.3 is 25.0 Å². The van der Waals surface area contributed by atoms with Crippen molar-refractivity contribution in [2.24, 2.45) is 0 Å². The van der Waals surface area contributed by atoms with Gasteiger partial charge in [0.05, 0.1) is 49.0 Å². The van der Waals surface area contributed by atoms with E-state index in [-0.39, 0.29) is 18.5 Å². The second kappa shape index (κ2) is 27.6. The van der Waals surface area contributed by atoms with E-state index in [4.69, 9.17) is 76.4 Å². The van der Waals surface area contributed by atoms with Gasteiger partial charge in [0, 0.05) is 72.5 Å². The van der Waals surface area contributed by atoms with Crippen molar-refractivity contribution in [2.75, 3.05) is 0 Å². The number of aromatic amines is 3. The number of benzene rings is 2. The first kappa shape index (κ1) is 59.7. The lowest BCUT2D eigenvalue weighted by molar-refractivity contribution is -0.138. The van der Waals surface area contributed by atoms with Crippen molar-refractivity contribution in [1.82, 2.24) is 15.0 Å². The Morgan fingerprint density at radius 2 is 1.16 bits per heavy atom. The van der Waals surface area contributed by atoms with Crippen molar-refractivity contribution in [3.8, 4) is 17.2 Å². The normalized spacial score (nSPS) is 9.87. The van der Waals surface area contributed by atoms with Crippen molar-refractivity contribution in [2.45, 2.75) is 65.6 Å². The van der Waals surface area contributed by atoms with Crippen LogP contribution in [0.5, 0.6) is 0 Å². The molecule has 10 nitrogen and oxygen atoms in total. The number of nitrogens with one attached hydrogen (secondary N) is 3. The van der Waals surface area contributed by atoms with Crippen molar-refractivity contribution >= 4 is 114 Å². The molecule has 0 unspecified atom stereocenters. The lowest BCUT2D eigenvalue weighted by Gasteiger charge is -2.11. The molecule has 330 valence electrons. The summed E-state index contributed by atoms with van der Waals surface area (Å²) in [6, 6.07) is 9.24. The van der Waals surface area contributed by atoms with Gasteiger partial charge in [-0.25, -0.2) is 19.4 Å². The van der Waals surface area contributed by atoms with Gasteiger partial charge in [-0.2, -0.15) is 31.6 Å². The number of H-pyrrole nitrogens is 3. The Hall–Kier alpha value is -4.40. The molecule has 5 N–H and O–H groups in total. The molecule has 0 saturated heterocycles. The van der Waals surface area contributed by atoms with Crippen LogP contribution in [-0.2, 0) is 12.4 Å². The Labute approximate surface area is 394 Å². The molecule has 0 aliphatic rings. The Morgan fingerprint density at radius 3 is 1.50 bits per heavy atom. The first-order chi connectivity index (χ1) is 28.3. The van der Waals surface area contributed by atoms with Crippen LogP contribution in [0.15, 0.2) is 46.9 Å². The summed E-state index contributed by atoms with van der Waals surface area (Å²) in [4.78, 5) is 22.0. The van der Waals surface area contributed by atoms with Gasteiger partial charge in [-0.15, -0.1) is 0 Å². The predicted octanol–water partition coefficient (Wildman–Crippen LogP) is 15.1. The molecular weight excluding hydrogens is 1080 g/mol. The fourth-order valence-electron chi connectivity index (χ4n) is 5.03. The molecule has 2 aromatic carbocycles. The van der Waals surface area contributed by atoms with Gasteiger partial charge in [0.2, 0.25) is 17.1 Å². The largest absolute Gasteiger partial charge is 0.488 e. The van der Waals surface area contributed by atoms with Crippen molar-refractivity contribution in [3.63, 3.8) is 0 Å². The number of alkyl halides is 9. The fourth-order valence-corrected chi connectivity index (χ4v) is 5.51. The van der Waals surface area contributed by atoms with Gasteiger partial charge >= 0.3 is 19.5 Å². The smallest absolute Gasteiger partial charge is 0.423 e. The van der Waals surface area contributed by atoms with Crippen LogP contribution >= 0.6 is 79.0 Å². The van der Waals surface area contributed by atoms with Crippen molar-refractivity contribution < 1.29 is 36.4 Å². The minimum Gasteiger partial charge on any atom is -0.423 e. The molecule has 0 bridgehead atoms. The van der Waals surface area contributed by atoms with E-state index in [1.54, 1.807) is 13.8 Å². The fraction of sp³-hybridized carbons (Fsp3) is 0.256. The van der Waals surface area contributed by atoms with Crippen LogP contribution in [0.4, 0.5) is 49.1 Å². The van der Waals surface area contributed by atoms with Crippen molar-refractivity contribution in [3.05, 3.63) is 143 Å². The second-order valence-corrected chi connectivity index (χ2v) is 14.6. The zero-order valence-electron chi connectivity index (χ0n) is 32.4. The SMILES string of the molecule is BrBr.C.ClC(Cl)Cl.N#Cc1ccc(B(O)O)cc1C(F)(F)F.[C-]#[N+]c1c(C)[nH]c(C)c1Br.[C-]#[N+]c1cc(C)[nH]c1C.[C-]#[N+]c1ccc(-c2c(C)[nH]c(C)c2[N+]#[C-])cc1C(F)(F)F. The van der Waals surface area contributed by atoms with Gasteiger partial charge in [-0.05, 0) is 70.8 Å². The third kappa shape index (κ3) is 18.1. The maximum atomic E-state index is 13.0. The van der Waals surface area contributed by atoms with E-state index < -0.39 is 46.1 Å². The average molecular weight is 1120 g/mol. The molecule has 0 fully saturated rings. The van der Waals surface area contributed by atoms with E-state index in [0.29, 0.717) is 34.4 Å². The summed E-state index contributed by atoms with van der Waals surface area (Å²) in [7, 11) is -1.99. The van der Waals surface area contributed by atoms with Gasteiger partial charge in [0.25, 0.3) is 0 Å². The molecule has 0 radical (unpaired) electrons. The lowest BCUT2D eigenvalue weighted by Crippen LogP contribution is -2.31. The molecule has 5 rings (SSSR count). The Bertz CT molecular complexity index is 2470. The van der Waals surface area contributed by atoms with Crippen LogP contribution in [-0.4, -0.2) is 36.4 Å². The van der Waals surface area contributed by atoms with Gasteiger partial charge in [0.1, 0.15) is 0 Å². The van der Waals surface area contributed by atoms with Crippen LogP contribution in [0, 0.1) is 79.2 Å². The highest BCUT2D eigenvalue weighted by Gasteiger charge is 2.35. The van der Waals surface area contributed by atoms with E-state index in [0.717, 1.165) is 57.2 Å². The summed E-state index contributed by atoms with van der Waals surface area (Å²) in [6.45, 7) is 38.6. The molecule has 62 heavy (non-hydrogen) atoms. The van der Waals surface area contributed by atoms with E-state index in [2.05, 4.69) is 78.5 Å². The number of nitriles is 1. The number of aryl methyl sites for hydroxylation is 6. The average Bonchev–Trinajstić information content (AvgIpc) is 3.77. The zero-order valence-corrected chi connectivity index (χ0v) is 39.4. The standard InChI is InChI=1S/C15H10F3N3.C8H5BF3NO2.C7H7BrN2.C7H8N2.CHCl3.CH4.Br2/c1-8-13(14(20-4)9(2)21-8)10-5-6-12(19-3)11(7-10)15(16,17)18;10-8(11,12)7-3-6(9(14)15)2-1-5(7)4-13;1-4-6(8)7(9-3)5(2)10-4;1-5-4-7(8-3)6(2)9-5;2-1(3)4;;1-2/h5-7,21H,1-2H3;1-3,14-15H;10H,1-2H3;4,9H,1-2H3;1H;1H4;. The second-order valence-electron chi connectivity index (χ2n) is 11.8. The van der Waals surface area contributed by atoms with E-state index in [1.165, 1.54) is 12.1 Å². The summed E-state index contributed by atoms with van der Waals surface area (Å²) in [5, 5.41) is 25.8. The zero-order chi connectivity index (χ0) is 47.6. The van der Waals surface area contributed by atoms with Crippen LogP contribution in [0.1, 0.15) is 58.3 Å². The molecule has 0 saturated carbocycles. The predicted molar refractivity (Wildman–Crippen MR) is 246 cm³/mol. The number of aromatic nitrogens is 3. The molecule has 5 aromatic rings. The van der Waals surface area contributed by atoms with E-state index in [9.17, 15) is 26.3 Å². The Balaban J connectivity index is 0. The number of hydrogen-bond acceptors (Lipinski definition) is 3. The minimum absolute atomic E-state index is 0. The summed E-state index contributed by atoms with van der Waals surface area (Å²) in [5.74, 6) is 0. The summed E-state index contributed by atoms with van der Waals surface area (Å²) in [6.07, 6.45) is -9.29. The van der Waals surface area contributed by atoms with Crippen LogP contribution in [0.25, 0.3) is 30.5 Å². The summed E-state index contributed by atoms with van der Waals surface area (Å²) < 4.78 is 76.3. The molecule has 3 aromatic heterocycles. The molecule has 3 heterocycles. The Morgan fingerprint density at radius 1 is 0.677 bits per heavy atom. The quantitative estimate of drug-likeness (QED) is 0.0522. The topological polar surface area (TPSA) is 129 Å². The maximum absolute atomic E-state index is 13.0. The monoisotopic (exact) mass is 1110 g/mol. The highest BCUT2D eigenvalue weighted by molar-refractivity contribution is 9.93. The van der Waals surface area contributed by atoms with Gasteiger partial charge in [0.15, 0.2) is 9.98 Å². The summed E-state index contributed by atoms with van der Waals surface area (Å²) in [5.41, 5.74) is 4.20. The maximum Gasteiger partial charge on any atom is 0.488 e. The number of hydrogen-bond donors (Lipinski definition) is 5. The summed E-state index contributed by atoms with van der Waals surface area (Å²) >= 11 is 23.2. The molecule has 0 amide bonds. The number of nitrogens with zero attached hydrogens (tertiary/aromatic N) is 5. The van der Waals surface area contributed by atoms with Crippen LogP contribution < -0.4 is 5.46 Å². The first-order valence-electron chi connectivity index (χ1n) is 16.2. The van der Waals surface area contributed by atoms with Crippen molar-refractivity contribution in [1.29, 1.82) is 5.26 Å². The molecule has 0 aliphatic carbocycles. The lowest BCUT2D eigenvalue weighted by atomic mass is 9.79. The molecule has 23 heteroatoms. The molecule has 0 aliphatic heterocycles. The van der Waals surface area contributed by atoms with E-state index in [1.807, 2.05) is 33.8 Å². The van der Waals surface area contributed by atoms with Crippen LogP contribution in [0.2, 0.25) is 0 Å². The molecule has 0 spiro atoms. The minimum atomic E-state index is -4.68. The Kier molecular flexibility index (Phi) is 26.6. The molecule has 0 atom stereocenters. The van der Waals surface area contributed by atoms with Gasteiger partial charge in [-0.3, -0.25) is 0 Å². The third-order valence-electron chi connectivity index (χ3n) is 7.55. The number of rotatable bonds is 2. The number of halogens is 12. The van der Waals surface area contributed by atoms with E-state index >= 15 is 0 Å². The van der Waals surface area contributed by atoms with Crippen LogP contribution in [0.3, 0.4) is 0 Å². The van der Waals surface area contributed by atoms with Gasteiger partial charge in [-0.1, -0.05) is 82.4 Å². The highest BCUT2D eigenvalue weighted by Crippen LogP contribution is 2.42. The third-order valence-corrected chi connectivity index (χ3v) is 8.52.